The van der Waals surface area contributed by atoms with Gasteiger partial charge in [-0.15, -0.1) is 0 Å². The fraction of sp³-hybridized carbons (Fsp3) is 0.320. The average molecular weight is 433 g/mol. The van der Waals surface area contributed by atoms with Gasteiger partial charge in [-0.3, -0.25) is 14.4 Å². The van der Waals surface area contributed by atoms with Gasteiger partial charge in [0.1, 0.15) is 0 Å². The normalized spacial score (nSPS) is 32.1. The van der Waals surface area contributed by atoms with Crippen molar-refractivity contribution in [2.75, 3.05) is 10.2 Å². The molecule has 4 aliphatic carbocycles. The number of nitrogens with one attached hydrogen (secondary N) is 1. The highest BCUT2D eigenvalue weighted by molar-refractivity contribution is 6.32. The van der Waals surface area contributed by atoms with E-state index in [0.29, 0.717) is 33.8 Å². The number of imide groups is 1. The van der Waals surface area contributed by atoms with Crippen molar-refractivity contribution in [2.45, 2.75) is 13.3 Å². The molecule has 6 heteroatoms. The fourth-order valence-electron chi connectivity index (χ4n) is 5.99. The lowest BCUT2D eigenvalue weighted by Gasteiger charge is -2.37. The molecule has 156 valence electrons. The summed E-state index contributed by atoms with van der Waals surface area (Å²) < 4.78 is 0. The number of amides is 3. The number of rotatable bonds is 3. The molecule has 6 atom stereocenters. The molecule has 3 amide bonds. The smallest absolute Gasteiger partial charge is 0.257 e. The predicted octanol–water partition coefficient (Wildman–Crippen LogP) is 4.46. The number of allylic oxidation sites excluding steroid dienone is 2. The van der Waals surface area contributed by atoms with E-state index in [1.807, 2.05) is 6.92 Å². The van der Waals surface area contributed by atoms with Gasteiger partial charge in [-0.25, -0.2) is 4.90 Å². The van der Waals surface area contributed by atoms with Gasteiger partial charge in [-0.1, -0.05) is 42.0 Å². The molecular weight excluding hydrogens is 412 g/mol. The maximum absolute atomic E-state index is 13.5. The van der Waals surface area contributed by atoms with Crippen LogP contribution in [-0.4, -0.2) is 17.7 Å². The van der Waals surface area contributed by atoms with Crippen LogP contribution < -0.4 is 10.2 Å². The van der Waals surface area contributed by atoms with E-state index in [1.54, 1.807) is 42.5 Å². The van der Waals surface area contributed by atoms with Crippen LogP contribution in [0, 0.1) is 42.4 Å². The second kappa shape index (κ2) is 6.54. The summed E-state index contributed by atoms with van der Waals surface area (Å²) in [6.45, 7) is 1.83. The Balaban J connectivity index is 1.35. The maximum Gasteiger partial charge on any atom is 0.257 e. The van der Waals surface area contributed by atoms with Gasteiger partial charge in [0.25, 0.3) is 5.91 Å². The van der Waals surface area contributed by atoms with Crippen LogP contribution in [0.4, 0.5) is 11.4 Å². The Morgan fingerprint density at radius 3 is 2.29 bits per heavy atom. The van der Waals surface area contributed by atoms with Gasteiger partial charge in [-0.2, -0.15) is 0 Å². The molecule has 2 bridgehead atoms. The molecule has 7 rings (SSSR count). The SMILES string of the molecule is Cc1c(Cl)cccc1NC(=O)c1ccccc1N1C(=O)[C@@H]2[C@H]3C=C[C@@H]([C@@H]4C[C@H]34)[C@@H]2C1=O. The fourth-order valence-corrected chi connectivity index (χ4v) is 6.16. The summed E-state index contributed by atoms with van der Waals surface area (Å²) in [5.41, 5.74) is 2.02. The Hall–Kier alpha value is -2.92. The van der Waals surface area contributed by atoms with Crippen LogP contribution in [0.25, 0.3) is 0 Å². The Bertz CT molecular complexity index is 1150. The average Bonchev–Trinajstić information content (AvgIpc) is 3.55. The third kappa shape index (κ3) is 2.59. The van der Waals surface area contributed by atoms with Crippen molar-refractivity contribution in [3.8, 4) is 0 Å². The van der Waals surface area contributed by atoms with Gasteiger partial charge in [0, 0.05) is 10.7 Å². The lowest BCUT2D eigenvalue weighted by atomic mass is 9.63. The summed E-state index contributed by atoms with van der Waals surface area (Å²) in [6, 6.07) is 12.1. The van der Waals surface area contributed by atoms with Crippen LogP contribution in [0.5, 0.6) is 0 Å². The number of anilines is 2. The lowest BCUT2D eigenvalue weighted by Crippen LogP contribution is -2.40. The minimum Gasteiger partial charge on any atom is -0.322 e. The molecule has 5 nitrogen and oxygen atoms in total. The molecule has 5 aliphatic rings. The van der Waals surface area contributed by atoms with Crippen LogP contribution in [0.3, 0.4) is 0 Å². The third-order valence-corrected chi connectivity index (χ3v) is 7.98. The molecule has 0 aromatic heterocycles. The van der Waals surface area contributed by atoms with Crippen molar-refractivity contribution < 1.29 is 14.4 Å². The van der Waals surface area contributed by atoms with Crippen molar-refractivity contribution in [3.63, 3.8) is 0 Å². The summed E-state index contributed by atoms with van der Waals surface area (Å²) in [4.78, 5) is 41.4. The van der Waals surface area contributed by atoms with E-state index < -0.39 is 0 Å². The van der Waals surface area contributed by atoms with Crippen LogP contribution in [0.15, 0.2) is 54.6 Å². The van der Waals surface area contributed by atoms with E-state index in [9.17, 15) is 14.4 Å². The first kappa shape index (κ1) is 18.8. The van der Waals surface area contributed by atoms with Crippen molar-refractivity contribution in [1.82, 2.24) is 0 Å². The van der Waals surface area contributed by atoms with Gasteiger partial charge in [0.15, 0.2) is 0 Å². The molecule has 1 N–H and O–H groups in total. The number of hydrogen-bond acceptors (Lipinski definition) is 3. The Labute approximate surface area is 185 Å². The summed E-state index contributed by atoms with van der Waals surface area (Å²) >= 11 is 6.18. The quantitative estimate of drug-likeness (QED) is 0.575. The van der Waals surface area contributed by atoms with Gasteiger partial charge >= 0.3 is 0 Å². The first-order valence-electron chi connectivity index (χ1n) is 10.7. The molecule has 3 fully saturated rings. The first-order valence-corrected chi connectivity index (χ1v) is 11.1. The molecule has 0 spiro atoms. The number of nitrogens with zero attached hydrogens (tertiary/aromatic N) is 1. The first-order chi connectivity index (χ1) is 15.0. The second-order valence-corrected chi connectivity index (χ2v) is 9.46. The number of carbonyl (C=O) groups is 3. The molecular formula is C25H21ClN2O3. The molecule has 2 aromatic rings. The van der Waals surface area contributed by atoms with E-state index in [4.69, 9.17) is 11.6 Å². The molecule has 1 saturated heterocycles. The minimum atomic E-state index is -0.375. The standard InChI is InChI=1S/C25H21ClN2O3/c1-12-18(26)6-4-7-19(12)27-23(29)15-5-2-3-8-20(15)28-24(30)21-13-9-10-14(17-11-16(13)17)22(21)25(28)31/h2-10,13-14,16-17,21-22H,11H2,1H3,(H,27,29)/t13-,14-,16-,17+,21-,22+/m0/s1. The lowest BCUT2D eigenvalue weighted by molar-refractivity contribution is -0.124. The molecule has 0 unspecified atom stereocenters. The van der Waals surface area contributed by atoms with E-state index in [0.717, 1.165) is 12.0 Å². The van der Waals surface area contributed by atoms with E-state index in [-0.39, 0.29) is 41.4 Å². The zero-order valence-electron chi connectivity index (χ0n) is 16.9. The van der Waals surface area contributed by atoms with E-state index in [2.05, 4.69) is 17.5 Å². The molecule has 0 radical (unpaired) electrons. The highest BCUT2D eigenvalue weighted by Gasteiger charge is 2.67. The van der Waals surface area contributed by atoms with Gasteiger partial charge < -0.3 is 5.32 Å². The summed E-state index contributed by atoms with van der Waals surface area (Å²) in [6.07, 6.45) is 5.41. The van der Waals surface area contributed by atoms with Crippen LogP contribution in [-0.2, 0) is 9.59 Å². The second-order valence-electron chi connectivity index (χ2n) is 9.05. The molecule has 2 aromatic carbocycles. The van der Waals surface area contributed by atoms with Gasteiger partial charge in [0.2, 0.25) is 11.8 Å². The largest absolute Gasteiger partial charge is 0.322 e. The summed E-state index contributed by atoms with van der Waals surface area (Å²) in [5, 5.41) is 3.44. The third-order valence-electron chi connectivity index (χ3n) is 7.57. The zero-order chi connectivity index (χ0) is 21.4. The highest BCUT2D eigenvalue weighted by atomic mass is 35.5. The molecule has 31 heavy (non-hydrogen) atoms. The number of halogens is 1. The van der Waals surface area contributed by atoms with Crippen LogP contribution in [0.2, 0.25) is 5.02 Å². The number of hydrogen-bond donors (Lipinski definition) is 1. The maximum atomic E-state index is 13.5. The Morgan fingerprint density at radius 2 is 1.61 bits per heavy atom. The Kier molecular flexibility index (Phi) is 3.97. The van der Waals surface area contributed by atoms with Gasteiger partial charge in [-0.05, 0) is 66.8 Å². The molecule has 1 aliphatic heterocycles. The van der Waals surface area contributed by atoms with Crippen molar-refractivity contribution in [3.05, 3.63) is 70.8 Å². The van der Waals surface area contributed by atoms with Crippen molar-refractivity contribution in [1.29, 1.82) is 0 Å². The van der Waals surface area contributed by atoms with Gasteiger partial charge in [0.05, 0.1) is 23.1 Å². The molecule has 1 heterocycles. The summed E-state index contributed by atoms with van der Waals surface area (Å²) in [5.74, 6) is 0.0796. The Morgan fingerprint density at radius 1 is 0.968 bits per heavy atom. The topological polar surface area (TPSA) is 66.5 Å². The van der Waals surface area contributed by atoms with E-state index >= 15 is 0 Å². The van der Waals surface area contributed by atoms with Crippen LogP contribution in [0.1, 0.15) is 22.3 Å². The molecule has 2 saturated carbocycles. The predicted molar refractivity (Wildman–Crippen MR) is 118 cm³/mol. The zero-order valence-corrected chi connectivity index (χ0v) is 17.7. The van der Waals surface area contributed by atoms with Crippen molar-refractivity contribution in [2.24, 2.45) is 35.5 Å². The highest BCUT2D eigenvalue weighted by Crippen LogP contribution is 2.65. The number of benzene rings is 2. The van der Waals surface area contributed by atoms with E-state index in [1.165, 1.54) is 4.90 Å². The monoisotopic (exact) mass is 432 g/mol. The minimum absolute atomic E-state index is 0.150. The number of para-hydroxylation sites is 1. The summed E-state index contributed by atoms with van der Waals surface area (Å²) in [7, 11) is 0. The van der Waals surface area contributed by atoms with Crippen molar-refractivity contribution >= 4 is 40.7 Å². The number of carbonyl (C=O) groups excluding carboxylic acids is 3. The van der Waals surface area contributed by atoms with Crippen LogP contribution >= 0.6 is 11.6 Å².